The average molecular weight is 338 g/mol. The lowest BCUT2D eigenvalue weighted by Crippen LogP contribution is -2.37. The Morgan fingerprint density at radius 1 is 1.17 bits per heavy atom. The molecular weight excluding hydrogens is 316 g/mol. The van der Waals surface area contributed by atoms with Gasteiger partial charge in [0.25, 0.3) is 0 Å². The van der Waals surface area contributed by atoms with E-state index in [4.69, 9.17) is 4.74 Å². The molecule has 2 N–H and O–H groups in total. The Labute approximate surface area is 140 Å². The van der Waals surface area contributed by atoms with Gasteiger partial charge < -0.3 is 15.4 Å². The molecule has 0 aliphatic rings. The zero-order valence-corrected chi connectivity index (χ0v) is 14.4. The topological polar surface area (TPSA) is 84.5 Å². The third-order valence-corrected chi connectivity index (χ3v) is 3.98. The fourth-order valence-corrected chi connectivity index (χ4v) is 2.69. The molecule has 0 aromatic heterocycles. The van der Waals surface area contributed by atoms with Crippen LogP contribution in [0.4, 0.5) is 0 Å². The molecule has 0 atom stereocenters. The van der Waals surface area contributed by atoms with Crippen LogP contribution in [0.1, 0.15) is 29.8 Å². The van der Waals surface area contributed by atoms with Crippen molar-refractivity contribution in [2.45, 2.75) is 19.6 Å². The summed E-state index contributed by atoms with van der Waals surface area (Å²) in [6.07, 6.45) is 0. The third-order valence-electron chi connectivity index (χ3n) is 3.00. The van der Waals surface area contributed by atoms with E-state index < -0.39 is 0 Å². The summed E-state index contributed by atoms with van der Waals surface area (Å²) in [7, 11) is 1.57. The fraction of sp³-hybridized carbons (Fsp3) is 0.438. The lowest BCUT2D eigenvalue weighted by molar-refractivity contribution is -0.124. The lowest BCUT2D eigenvalue weighted by Gasteiger charge is -2.10. The number of benzene rings is 1. The van der Waals surface area contributed by atoms with Gasteiger partial charge in [0.15, 0.2) is 5.78 Å². The number of methoxy groups -OCH3 is 1. The molecule has 2 amide bonds. The minimum absolute atomic E-state index is 0.0152. The molecule has 6 nitrogen and oxygen atoms in total. The summed E-state index contributed by atoms with van der Waals surface area (Å²) < 4.78 is 5.27. The maximum Gasteiger partial charge on any atom is 0.239 e. The number of hydrogen-bond acceptors (Lipinski definition) is 5. The fourth-order valence-electron chi connectivity index (χ4n) is 1.85. The Hall–Kier alpha value is -2.02. The van der Waals surface area contributed by atoms with Gasteiger partial charge in [-0.3, -0.25) is 14.4 Å². The van der Waals surface area contributed by atoms with Crippen molar-refractivity contribution in [2.75, 3.05) is 26.0 Å². The molecule has 0 saturated carbocycles. The first-order valence-electron chi connectivity index (χ1n) is 7.27. The Morgan fingerprint density at radius 3 is 2.52 bits per heavy atom. The van der Waals surface area contributed by atoms with E-state index in [2.05, 4.69) is 10.6 Å². The summed E-state index contributed by atoms with van der Waals surface area (Å²) >= 11 is 1.39. The molecule has 0 fully saturated rings. The van der Waals surface area contributed by atoms with Crippen molar-refractivity contribution in [2.24, 2.45) is 0 Å². The minimum Gasteiger partial charge on any atom is -0.496 e. The van der Waals surface area contributed by atoms with Gasteiger partial charge in [0.1, 0.15) is 5.75 Å². The summed E-state index contributed by atoms with van der Waals surface area (Å²) in [6.45, 7) is 3.85. The molecule has 0 radical (unpaired) electrons. The molecule has 1 rings (SSSR count). The highest BCUT2D eigenvalue weighted by atomic mass is 32.2. The van der Waals surface area contributed by atoms with Crippen molar-refractivity contribution in [3.8, 4) is 5.75 Å². The second-order valence-corrected chi connectivity index (χ2v) is 5.79. The molecule has 0 aliphatic heterocycles. The van der Waals surface area contributed by atoms with Crippen LogP contribution < -0.4 is 15.4 Å². The van der Waals surface area contributed by atoms with Crippen molar-refractivity contribution in [3.05, 3.63) is 29.3 Å². The second kappa shape index (κ2) is 9.89. The number of nitrogens with one attached hydrogen (secondary N) is 2. The Morgan fingerprint density at radius 2 is 1.91 bits per heavy atom. The van der Waals surface area contributed by atoms with Crippen LogP contribution in [-0.4, -0.2) is 43.5 Å². The van der Waals surface area contributed by atoms with Crippen LogP contribution in [0.15, 0.2) is 18.2 Å². The molecule has 0 heterocycles. The van der Waals surface area contributed by atoms with E-state index in [0.29, 0.717) is 23.6 Å². The molecule has 0 unspecified atom stereocenters. The van der Waals surface area contributed by atoms with Crippen LogP contribution >= 0.6 is 11.8 Å². The van der Waals surface area contributed by atoms with Crippen molar-refractivity contribution in [1.82, 2.24) is 10.6 Å². The van der Waals surface area contributed by atoms with E-state index in [1.54, 1.807) is 25.3 Å². The molecule has 0 saturated heterocycles. The SMILES string of the molecule is CCNC(=O)CNC(=O)CSCc1cc(C(C)=O)ccc1OC. The summed E-state index contributed by atoms with van der Waals surface area (Å²) in [4.78, 5) is 34.4. The van der Waals surface area contributed by atoms with Gasteiger partial charge in [-0.2, -0.15) is 0 Å². The number of hydrogen-bond donors (Lipinski definition) is 2. The first kappa shape index (κ1) is 19.0. The molecule has 23 heavy (non-hydrogen) atoms. The van der Waals surface area contributed by atoms with Gasteiger partial charge in [-0.1, -0.05) is 0 Å². The van der Waals surface area contributed by atoms with E-state index in [9.17, 15) is 14.4 Å². The number of rotatable bonds is 9. The van der Waals surface area contributed by atoms with E-state index in [1.807, 2.05) is 6.92 Å². The number of carbonyl (C=O) groups excluding carboxylic acids is 3. The summed E-state index contributed by atoms with van der Waals surface area (Å²) in [6, 6.07) is 5.25. The number of carbonyl (C=O) groups is 3. The van der Waals surface area contributed by atoms with E-state index in [1.165, 1.54) is 18.7 Å². The van der Waals surface area contributed by atoms with E-state index in [0.717, 1.165) is 5.56 Å². The van der Waals surface area contributed by atoms with E-state index >= 15 is 0 Å². The van der Waals surface area contributed by atoms with Crippen LogP contribution in [-0.2, 0) is 15.3 Å². The van der Waals surface area contributed by atoms with Gasteiger partial charge in [-0.25, -0.2) is 0 Å². The number of Topliss-reactive ketones (excluding diaryl/α,β-unsaturated/α-hetero) is 1. The van der Waals surface area contributed by atoms with Crippen LogP contribution in [0.3, 0.4) is 0 Å². The average Bonchev–Trinajstić information content (AvgIpc) is 2.53. The Bertz CT molecular complexity index is 575. The van der Waals surface area contributed by atoms with Gasteiger partial charge in [0, 0.05) is 23.4 Å². The predicted octanol–water partition coefficient (Wildman–Crippen LogP) is 1.38. The molecule has 126 valence electrons. The summed E-state index contributed by atoms with van der Waals surface area (Å²) in [5.74, 6) is 1.03. The van der Waals surface area contributed by atoms with Gasteiger partial charge in [0.05, 0.1) is 19.4 Å². The monoisotopic (exact) mass is 338 g/mol. The summed E-state index contributed by atoms with van der Waals surface area (Å²) in [5, 5.41) is 5.16. The standard InChI is InChI=1S/C16H22N2O4S/c1-4-17-15(20)8-18-16(21)10-23-9-13-7-12(11(2)19)5-6-14(13)22-3/h5-7H,4,8-10H2,1-3H3,(H,17,20)(H,18,21). The maximum absolute atomic E-state index is 11.7. The molecule has 0 aliphatic carbocycles. The number of likely N-dealkylation sites (N-methyl/N-ethyl adjacent to an activating group) is 1. The van der Waals surface area contributed by atoms with Gasteiger partial charge in [-0.15, -0.1) is 11.8 Å². The predicted molar refractivity (Wildman–Crippen MR) is 90.9 cm³/mol. The minimum atomic E-state index is -0.207. The largest absolute Gasteiger partial charge is 0.496 e. The first-order chi connectivity index (χ1) is 11.0. The van der Waals surface area contributed by atoms with Crippen molar-refractivity contribution in [3.63, 3.8) is 0 Å². The Balaban J connectivity index is 2.48. The van der Waals surface area contributed by atoms with Gasteiger partial charge in [0.2, 0.25) is 11.8 Å². The van der Waals surface area contributed by atoms with Crippen LogP contribution in [0.25, 0.3) is 0 Å². The summed E-state index contributed by atoms with van der Waals surface area (Å²) in [5.41, 5.74) is 1.48. The number of amides is 2. The van der Waals surface area contributed by atoms with Crippen molar-refractivity contribution >= 4 is 29.4 Å². The maximum atomic E-state index is 11.7. The molecule has 7 heteroatoms. The number of ketones is 1. The Kier molecular flexibility index (Phi) is 8.18. The molecule has 0 bridgehead atoms. The van der Waals surface area contributed by atoms with Crippen molar-refractivity contribution < 1.29 is 19.1 Å². The molecule has 1 aromatic rings. The highest BCUT2D eigenvalue weighted by Gasteiger charge is 2.09. The van der Waals surface area contributed by atoms with Gasteiger partial charge >= 0.3 is 0 Å². The van der Waals surface area contributed by atoms with E-state index in [-0.39, 0.29) is 29.9 Å². The van der Waals surface area contributed by atoms with Crippen molar-refractivity contribution in [1.29, 1.82) is 0 Å². The molecule has 1 aromatic carbocycles. The number of thioether (sulfide) groups is 1. The molecule has 0 spiro atoms. The van der Waals surface area contributed by atoms with Gasteiger partial charge in [-0.05, 0) is 32.0 Å². The highest BCUT2D eigenvalue weighted by Crippen LogP contribution is 2.24. The smallest absolute Gasteiger partial charge is 0.239 e. The normalized spacial score (nSPS) is 10.0. The lowest BCUT2D eigenvalue weighted by atomic mass is 10.1. The van der Waals surface area contributed by atoms with Crippen LogP contribution in [0, 0.1) is 0 Å². The zero-order valence-electron chi connectivity index (χ0n) is 13.6. The first-order valence-corrected chi connectivity index (χ1v) is 8.42. The highest BCUT2D eigenvalue weighted by molar-refractivity contribution is 7.99. The zero-order chi connectivity index (χ0) is 17.2. The second-order valence-electron chi connectivity index (χ2n) is 4.81. The number of ether oxygens (including phenoxy) is 1. The van der Waals surface area contributed by atoms with Crippen LogP contribution in [0.2, 0.25) is 0 Å². The third kappa shape index (κ3) is 6.73. The van der Waals surface area contributed by atoms with Crippen LogP contribution in [0.5, 0.6) is 5.75 Å². The molecular formula is C16H22N2O4S. The quantitative estimate of drug-likeness (QED) is 0.665.